The first kappa shape index (κ1) is 10.5. The van der Waals surface area contributed by atoms with E-state index in [1.54, 1.807) is 0 Å². The minimum atomic E-state index is 0. The van der Waals surface area contributed by atoms with Gasteiger partial charge in [-0.25, -0.2) is 0 Å². The molecule has 0 saturated heterocycles. The van der Waals surface area contributed by atoms with Crippen molar-refractivity contribution in [3.63, 3.8) is 0 Å². The summed E-state index contributed by atoms with van der Waals surface area (Å²) < 4.78 is 0. The minimum Gasteiger partial charge on any atom is -0.870 e. The van der Waals surface area contributed by atoms with Crippen LogP contribution in [0.2, 0.25) is 0 Å². The molecule has 0 aliphatic carbocycles. The van der Waals surface area contributed by atoms with Crippen LogP contribution in [0.5, 0.6) is 0 Å². The van der Waals surface area contributed by atoms with Gasteiger partial charge >= 0.3 is 5.65 Å². The van der Waals surface area contributed by atoms with Crippen molar-refractivity contribution in [2.45, 2.75) is 0 Å². The predicted octanol–water partition coefficient (Wildman–Crippen LogP) is 0.114. The molecule has 0 bridgehead atoms. The summed E-state index contributed by atoms with van der Waals surface area (Å²) in [4.78, 5) is 6.19. The third-order valence-corrected chi connectivity index (χ3v) is 1.49. The number of aromatic nitrogens is 2. The highest BCUT2D eigenvalue weighted by atomic mass is 16.0. The highest BCUT2D eigenvalue weighted by molar-refractivity contribution is 5.67. The van der Waals surface area contributed by atoms with Gasteiger partial charge in [-0.2, -0.15) is 9.97 Å². The number of hydrogen-bond donors (Lipinski definition) is 0. The van der Waals surface area contributed by atoms with Gasteiger partial charge in [0.1, 0.15) is 5.39 Å². The fourth-order valence-electron chi connectivity index (χ4n) is 0.997. The molecule has 2 aromatic rings. The first-order chi connectivity index (χ1) is 4.97. The average Bonchev–Trinajstić information content (AvgIpc) is 2.05. The fourth-order valence-corrected chi connectivity index (χ4v) is 0.997. The molecule has 4 N–H and O–H groups in total. The molecule has 0 fully saturated rings. The van der Waals surface area contributed by atoms with Gasteiger partial charge in [0.05, 0.1) is 0 Å². The molecule has 0 saturated carbocycles. The molecule has 2 rings (SSSR count). The molecular weight excluding hydrogens is 156 g/mol. The van der Waals surface area contributed by atoms with Gasteiger partial charge in [0.15, 0.2) is 12.4 Å². The lowest BCUT2D eigenvalue weighted by atomic mass is 10.3. The zero-order valence-corrected chi connectivity index (χ0v) is 6.36. The second-order valence-electron chi connectivity index (χ2n) is 2.17. The van der Waals surface area contributed by atoms with Gasteiger partial charge in [-0.3, -0.25) is 0 Å². The smallest absolute Gasteiger partial charge is 0.447 e. The Labute approximate surface area is 69.5 Å². The van der Waals surface area contributed by atoms with Gasteiger partial charge in [0.25, 0.3) is 0 Å². The third-order valence-electron chi connectivity index (χ3n) is 1.49. The Morgan fingerprint density at radius 3 is 1.75 bits per heavy atom. The first-order valence-corrected chi connectivity index (χ1v) is 3.24. The maximum Gasteiger partial charge on any atom is 0.447 e. The Hall–Kier alpha value is -1.52. The van der Waals surface area contributed by atoms with E-state index in [0.29, 0.717) is 0 Å². The molecule has 0 aliphatic heterocycles. The Morgan fingerprint density at radius 1 is 0.833 bits per heavy atom. The van der Waals surface area contributed by atoms with Crippen molar-refractivity contribution in [3.05, 3.63) is 36.7 Å². The van der Waals surface area contributed by atoms with E-state index in [9.17, 15) is 0 Å². The van der Waals surface area contributed by atoms with Crippen molar-refractivity contribution in [1.29, 1.82) is 0 Å². The summed E-state index contributed by atoms with van der Waals surface area (Å²) in [5, 5.41) is 1.20. The van der Waals surface area contributed by atoms with Crippen LogP contribution in [0.25, 0.3) is 11.0 Å². The molecule has 0 spiro atoms. The molecule has 2 aromatic heterocycles. The molecule has 0 radical (unpaired) electrons. The fraction of sp³-hybridized carbons (Fsp3) is 0. The van der Waals surface area contributed by atoms with E-state index in [1.165, 1.54) is 5.39 Å². The monoisotopic (exact) mass is 166 g/mol. The predicted molar refractivity (Wildman–Crippen MR) is 40.9 cm³/mol. The van der Waals surface area contributed by atoms with Crippen LogP contribution in [0.3, 0.4) is 0 Å². The molecule has 2 heterocycles. The number of H-pyrrole nitrogens is 2. The summed E-state index contributed by atoms with van der Waals surface area (Å²) in [6.45, 7) is 0. The summed E-state index contributed by atoms with van der Waals surface area (Å²) in [6, 6.07) is 8.08. The Kier molecular flexibility index (Phi) is 3.82. The highest BCUT2D eigenvalue weighted by Gasteiger charge is 2.01. The molecule has 0 aliphatic rings. The largest absolute Gasteiger partial charge is 0.870 e. The number of nitrogens with one attached hydrogen (secondary N) is 2. The number of fused-ring (bicyclic) bond motifs is 1. The van der Waals surface area contributed by atoms with Gasteiger partial charge in [0.2, 0.25) is 0 Å². The van der Waals surface area contributed by atoms with Crippen LogP contribution in [0.15, 0.2) is 36.7 Å². The SMILES string of the molecule is [OH-].[OH-].c1c[nH+]c2[nH+]cccc2c1. The second-order valence-corrected chi connectivity index (χ2v) is 2.17. The van der Waals surface area contributed by atoms with Crippen molar-refractivity contribution in [1.82, 2.24) is 0 Å². The van der Waals surface area contributed by atoms with Crippen molar-refractivity contribution in [3.8, 4) is 0 Å². The average molecular weight is 166 g/mol. The lowest BCUT2D eigenvalue weighted by Crippen LogP contribution is -2.14. The van der Waals surface area contributed by atoms with Crippen LogP contribution in [-0.2, 0) is 0 Å². The Bertz CT molecular complexity index is 286. The highest BCUT2D eigenvalue weighted by Crippen LogP contribution is 1.98. The normalized spacial score (nSPS) is 8.33. The lowest BCUT2D eigenvalue weighted by molar-refractivity contribution is -0.469. The van der Waals surface area contributed by atoms with Crippen LogP contribution in [0.4, 0.5) is 0 Å². The van der Waals surface area contributed by atoms with Gasteiger partial charge < -0.3 is 11.0 Å². The number of aromatic amines is 2. The van der Waals surface area contributed by atoms with E-state index < -0.39 is 0 Å². The number of pyridine rings is 2. The molecule has 0 atom stereocenters. The minimum absolute atomic E-state index is 0. The second kappa shape index (κ2) is 4.38. The van der Waals surface area contributed by atoms with E-state index in [2.05, 4.69) is 22.1 Å². The summed E-state index contributed by atoms with van der Waals surface area (Å²) in [7, 11) is 0. The quantitative estimate of drug-likeness (QED) is 0.556. The molecule has 4 nitrogen and oxygen atoms in total. The van der Waals surface area contributed by atoms with E-state index in [4.69, 9.17) is 0 Å². The molecule has 4 heteroatoms. The van der Waals surface area contributed by atoms with Gasteiger partial charge in [-0.15, -0.1) is 0 Å². The first-order valence-electron chi connectivity index (χ1n) is 3.24. The van der Waals surface area contributed by atoms with Crippen LogP contribution < -0.4 is 9.97 Å². The maximum atomic E-state index is 3.10. The van der Waals surface area contributed by atoms with Gasteiger partial charge in [-0.05, 0) is 12.1 Å². The topological polar surface area (TPSA) is 88.3 Å². The zero-order valence-electron chi connectivity index (χ0n) is 6.36. The molecule has 0 unspecified atom stereocenters. The molecule has 0 aromatic carbocycles. The van der Waals surface area contributed by atoms with E-state index in [1.807, 2.05) is 24.5 Å². The van der Waals surface area contributed by atoms with Crippen LogP contribution in [0, 0.1) is 0 Å². The Morgan fingerprint density at radius 2 is 1.33 bits per heavy atom. The number of rotatable bonds is 0. The van der Waals surface area contributed by atoms with Crippen LogP contribution in [-0.4, -0.2) is 11.0 Å². The number of hydrogen-bond acceptors (Lipinski definition) is 2. The molecule has 12 heavy (non-hydrogen) atoms. The standard InChI is InChI=1S/C8H6N2.2H2O/c1-3-7-4-2-6-10-8(7)9-5-1;;/h1-6H;2*1H2. The lowest BCUT2D eigenvalue weighted by Gasteiger charge is -1.79. The van der Waals surface area contributed by atoms with Crippen LogP contribution >= 0.6 is 0 Å². The Balaban J connectivity index is 0.000000605. The summed E-state index contributed by atoms with van der Waals surface area (Å²) >= 11 is 0. The summed E-state index contributed by atoms with van der Waals surface area (Å²) in [5.41, 5.74) is 1.06. The van der Waals surface area contributed by atoms with E-state index in [-0.39, 0.29) is 11.0 Å². The van der Waals surface area contributed by atoms with Gasteiger partial charge in [-0.1, -0.05) is 0 Å². The third kappa shape index (κ3) is 1.75. The molecule has 0 amide bonds. The van der Waals surface area contributed by atoms with Crippen molar-refractivity contribution < 1.29 is 20.9 Å². The molecule has 64 valence electrons. The maximum absolute atomic E-state index is 3.10. The van der Waals surface area contributed by atoms with Gasteiger partial charge in [0, 0.05) is 12.1 Å². The van der Waals surface area contributed by atoms with E-state index >= 15 is 0 Å². The van der Waals surface area contributed by atoms with Crippen LogP contribution in [0.1, 0.15) is 0 Å². The van der Waals surface area contributed by atoms with Crippen molar-refractivity contribution >= 4 is 11.0 Å². The van der Waals surface area contributed by atoms with E-state index in [0.717, 1.165) is 5.65 Å². The summed E-state index contributed by atoms with van der Waals surface area (Å²) in [5.74, 6) is 0. The van der Waals surface area contributed by atoms with Crippen molar-refractivity contribution in [2.24, 2.45) is 0 Å². The molecular formula is C8H10N2O2. The summed E-state index contributed by atoms with van der Waals surface area (Å²) in [6.07, 6.45) is 3.80. The zero-order chi connectivity index (χ0) is 6.81. The van der Waals surface area contributed by atoms with Crippen molar-refractivity contribution in [2.75, 3.05) is 0 Å².